The van der Waals surface area contributed by atoms with Gasteiger partial charge in [0.2, 0.25) is 0 Å². The van der Waals surface area contributed by atoms with E-state index >= 15 is 0 Å². The smallest absolute Gasteiger partial charge is 0.140 e. The second kappa shape index (κ2) is 5.50. The Morgan fingerprint density at radius 3 is 3.05 bits per heavy atom. The molecule has 0 bridgehead atoms. The maximum absolute atomic E-state index is 8.81. The molecule has 0 saturated heterocycles. The number of rotatable bonds is 3. The van der Waals surface area contributed by atoms with Gasteiger partial charge in [0, 0.05) is 30.6 Å². The predicted molar refractivity (Wildman–Crippen MR) is 79.3 cm³/mol. The lowest BCUT2D eigenvalue weighted by Crippen LogP contribution is -2.12. The average Bonchev–Trinajstić information content (AvgIpc) is 2.84. The van der Waals surface area contributed by atoms with Crippen molar-refractivity contribution >= 4 is 0 Å². The topological polar surface area (TPSA) is 41.6 Å². The Hall–Kier alpha value is -2.08. The van der Waals surface area contributed by atoms with E-state index in [1.54, 1.807) is 0 Å². The number of fused-ring (bicyclic) bond motifs is 1. The van der Waals surface area contributed by atoms with Crippen LogP contribution < -0.4 is 0 Å². The van der Waals surface area contributed by atoms with Crippen LogP contribution in [0.5, 0.6) is 0 Å². The van der Waals surface area contributed by atoms with Gasteiger partial charge in [-0.25, -0.2) is 4.98 Å². The fourth-order valence-corrected chi connectivity index (χ4v) is 3.00. The summed E-state index contributed by atoms with van der Waals surface area (Å²) in [6.45, 7) is 3.16. The maximum Gasteiger partial charge on any atom is 0.140 e. The van der Waals surface area contributed by atoms with Gasteiger partial charge in [0.25, 0.3) is 0 Å². The SMILES string of the molecule is Cc1cccc(-c2nc(CCC#N)c3n2CCCC3)c1. The van der Waals surface area contributed by atoms with Crippen LogP contribution in [0.4, 0.5) is 0 Å². The van der Waals surface area contributed by atoms with Crippen LogP contribution in [-0.2, 0) is 19.4 Å². The molecule has 3 nitrogen and oxygen atoms in total. The molecular weight excluding hydrogens is 246 g/mol. The van der Waals surface area contributed by atoms with Gasteiger partial charge in [-0.3, -0.25) is 0 Å². The number of hydrogen-bond acceptors (Lipinski definition) is 2. The normalized spacial score (nSPS) is 13.8. The van der Waals surface area contributed by atoms with Crippen LogP contribution in [0.1, 0.15) is 36.2 Å². The summed E-state index contributed by atoms with van der Waals surface area (Å²) in [6.07, 6.45) is 4.88. The molecule has 1 aliphatic heterocycles. The number of imidazole rings is 1. The van der Waals surface area contributed by atoms with Crippen molar-refractivity contribution in [1.82, 2.24) is 9.55 Å². The van der Waals surface area contributed by atoms with Gasteiger partial charge in [0.05, 0.1) is 11.8 Å². The fraction of sp³-hybridized carbons (Fsp3) is 0.412. The Morgan fingerprint density at radius 2 is 2.25 bits per heavy atom. The lowest BCUT2D eigenvalue weighted by atomic mass is 10.1. The second-order valence-corrected chi connectivity index (χ2v) is 5.47. The zero-order valence-corrected chi connectivity index (χ0v) is 11.9. The van der Waals surface area contributed by atoms with Gasteiger partial charge in [-0.1, -0.05) is 23.8 Å². The molecule has 0 radical (unpaired) electrons. The van der Waals surface area contributed by atoms with Gasteiger partial charge in [-0.05, 0) is 32.3 Å². The van der Waals surface area contributed by atoms with E-state index in [2.05, 4.69) is 41.8 Å². The summed E-state index contributed by atoms with van der Waals surface area (Å²) >= 11 is 0. The molecule has 0 unspecified atom stereocenters. The molecule has 1 aromatic heterocycles. The molecule has 3 rings (SSSR count). The molecule has 0 spiro atoms. The van der Waals surface area contributed by atoms with Crippen LogP contribution in [-0.4, -0.2) is 9.55 Å². The van der Waals surface area contributed by atoms with Crippen molar-refractivity contribution in [3.05, 3.63) is 41.2 Å². The minimum absolute atomic E-state index is 0.553. The first kappa shape index (κ1) is 12.9. The standard InChI is InChI=1S/C17H19N3/c1-13-6-4-7-14(12-13)17-19-15(8-5-10-18)16-9-2-3-11-20(16)17/h4,6-7,12H,2-3,5,8-9,11H2,1H3. The Kier molecular flexibility index (Phi) is 3.56. The van der Waals surface area contributed by atoms with E-state index in [1.165, 1.54) is 29.7 Å². The zero-order valence-electron chi connectivity index (χ0n) is 11.9. The van der Waals surface area contributed by atoms with E-state index in [4.69, 9.17) is 10.2 Å². The highest BCUT2D eigenvalue weighted by atomic mass is 15.1. The molecule has 0 atom stereocenters. The average molecular weight is 265 g/mol. The molecule has 102 valence electrons. The quantitative estimate of drug-likeness (QED) is 0.850. The molecule has 1 aromatic carbocycles. The first-order valence-corrected chi connectivity index (χ1v) is 7.32. The van der Waals surface area contributed by atoms with Crippen molar-refractivity contribution in [3.8, 4) is 17.5 Å². The van der Waals surface area contributed by atoms with Crippen LogP contribution in [0.2, 0.25) is 0 Å². The van der Waals surface area contributed by atoms with Crippen molar-refractivity contribution in [1.29, 1.82) is 5.26 Å². The molecule has 0 saturated carbocycles. The van der Waals surface area contributed by atoms with E-state index in [0.29, 0.717) is 6.42 Å². The number of nitrogens with zero attached hydrogens (tertiary/aromatic N) is 3. The fourth-order valence-electron chi connectivity index (χ4n) is 3.00. The number of aromatic nitrogens is 2. The molecule has 1 aliphatic rings. The van der Waals surface area contributed by atoms with E-state index in [9.17, 15) is 0 Å². The molecule has 20 heavy (non-hydrogen) atoms. The van der Waals surface area contributed by atoms with Crippen LogP contribution in [0.15, 0.2) is 24.3 Å². The zero-order chi connectivity index (χ0) is 13.9. The summed E-state index contributed by atoms with van der Waals surface area (Å²) in [5.74, 6) is 1.08. The lowest BCUT2D eigenvalue weighted by molar-refractivity contribution is 0.533. The van der Waals surface area contributed by atoms with E-state index < -0.39 is 0 Å². The van der Waals surface area contributed by atoms with Gasteiger partial charge >= 0.3 is 0 Å². The lowest BCUT2D eigenvalue weighted by Gasteiger charge is -2.17. The Morgan fingerprint density at radius 1 is 1.35 bits per heavy atom. The third-order valence-electron chi connectivity index (χ3n) is 3.95. The molecule has 0 aliphatic carbocycles. The van der Waals surface area contributed by atoms with E-state index in [0.717, 1.165) is 30.9 Å². The van der Waals surface area contributed by atoms with Gasteiger partial charge in [-0.15, -0.1) is 0 Å². The summed E-state index contributed by atoms with van der Waals surface area (Å²) in [6, 6.07) is 10.8. The van der Waals surface area contributed by atoms with E-state index in [1.807, 2.05) is 0 Å². The third kappa shape index (κ3) is 2.34. The highest BCUT2D eigenvalue weighted by molar-refractivity contribution is 5.58. The van der Waals surface area contributed by atoms with Crippen molar-refractivity contribution in [2.24, 2.45) is 0 Å². The molecule has 0 amide bonds. The summed E-state index contributed by atoms with van der Waals surface area (Å²) in [5.41, 5.74) is 4.93. The van der Waals surface area contributed by atoms with Crippen molar-refractivity contribution < 1.29 is 0 Å². The molecule has 2 heterocycles. The number of aryl methyl sites for hydroxylation is 2. The minimum Gasteiger partial charge on any atom is -0.328 e. The highest BCUT2D eigenvalue weighted by Crippen LogP contribution is 2.28. The van der Waals surface area contributed by atoms with Crippen LogP contribution in [0.3, 0.4) is 0 Å². The van der Waals surface area contributed by atoms with Crippen molar-refractivity contribution in [3.63, 3.8) is 0 Å². The Balaban J connectivity index is 2.07. The molecule has 0 fully saturated rings. The summed E-state index contributed by atoms with van der Waals surface area (Å²) in [7, 11) is 0. The molecule has 0 N–H and O–H groups in total. The van der Waals surface area contributed by atoms with Crippen LogP contribution >= 0.6 is 0 Å². The van der Waals surface area contributed by atoms with Crippen molar-refractivity contribution in [2.45, 2.75) is 45.6 Å². The summed E-state index contributed by atoms with van der Waals surface area (Å²) in [5, 5.41) is 8.81. The predicted octanol–water partition coefficient (Wildman–Crippen LogP) is 3.65. The van der Waals surface area contributed by atoms with Gasteiger partial charge in [0.15, 0.2) is 0 Å². The third-order valence-corrected chi connectivity index (χ3v) is 3.95. The van der Waals surface area contributed by atoms with Gasteiger partial charge in [0.1, 0.15) is 5.82 Å². The maximum atomic E-state index is 8.81. The Labute approximate surface area is 119 Å². The minimum atomic E-state index is 0.553. The van der Waals surface area contributed by atoms with Gasteiger partial charge in [-0.2, -0.15) is 5.26 Å². The highest BCUT2D eigenvalue weighted by Gasteiger charge is 2.20. The molecule has 2 aromatic rings. The van der Waals surface area contributed by atoms with Gasteiger partial charge < -0.3 is 4.57 Å². The monoisotopic (exact) mass is 265 g/mol. The van der Waals surface area contributed by atoms with E-state index in [-0.39, 0.29) is 0 Å². The van der Waals surface area contributed by atoms with Crippen molar-refractivity contribution in [2.75, 3.05) is 0 Å². The molecule has 3 heteroatoms. The first-order valence-electron chi connectivity index (χ1n) is 7.32. The number of benzene rings is 1. The molecular formula is C17H19N3. The number of nitriles is 1. The largest absolute Gasteiger partial charge is 0.328 e. The Bertz CT molecular complexity index is 661. The summed E-state index contributed by atoms with van der Waals surface area (Å²) < 4.78 is 2.37. The first-order chi connectivity index (χ1) is 9.79. The second-order valence-electron chi connectivity index (χ2n) is 5.47. The summed E-state index contributed by atoms with van der Waals surface area (Å²) in [4.78, 5) is 4.85. The van der Waals surface area contributed by atoms with Crippen LogP contribution in [0.25, 0.3) is 11.4 Å². The van der Waals surface area contributed by atoms with Crippen LogP contribution in [0, 0.1) is 18.3 Å². The number of hydrogen-bond donors (Lipinski definition) is 0.